The van der Waals surface area contributed by atoms with Crippen LogP contribution in [0.2, 0.25) is 0 Å². The molecule has 0 heterocycles. The van der Waals surface area contributed by atoms with Crippen LogP contribution in [0.3, 0.4) is 0 Å². The summed E-state index contributed by atoms with van der Waals surface area (Å²) in [5.41, 5.74) is -0.727. The Morgan fingerprint density at radius 3 is 2.69 bits per heavy atom. The van der Waals surface area contributed by atoms with Gasteiger partial charge in [0, 0.05) is 18.9 Å². The average Bonchev–Trinajstić information content (AvgIpc) is 3.06. The Hall–Kier alpha value is -1.12. The summed E-state index contributed by atoms with van der Waals surface area (Å²) < 4.78 is 16.7. The number of hydrogen-bond acceptors (Lipinski definition) is 7. The molecule has 0 spiro atoms. The monoisotopic (exact) mass is 450 g/mol. The highest BCUT2D eigenvalue weighted by atomic mass is 16.7. The van der Waals surface area contributed by atoms with Crippen molar-refractivity contribution in [3.63, 3.8) is 0 Å². The molecule has 1 unspecified atom stereocenters. The van der Waals surface area contributed by atoms with Gasteiger partial charge in [-0.25, -0.2) is 0 Å². The third kappa shape index (κ3) is 3.52. The van der Waals surface area contributed by atoms with Gasteiger partial charge in [0.05, 0.1) is 19.3 Å². The van der Waals surface area contributed by atoms with E-state index >= 15 is 0 Å². The van der Waals surface area contributed by atoms with Crippen LogP contribution in [0.25, 0.3) is 0 Å². The van der Waals surface area contributed by atoms with Crippen LogP contribution in [0, 0.1) is 28.6 Å². The minimum absolute atomic E-state index is 0.0473. The van der Waals surface area contributed by atoms with Crippen molar-refractivity contribution in [3.8, 4) is 0 Å². The Balaban J connectivity index is 1.63. The predicted octanol–water partition coefficient (Wildman–Crippen LogP) is 2.43. The standard InChI is InChI=1S/C25H38O7/c1-23-8-6-17(27)12-16(23)4-5-18-19-7-9-25(21(29)14-26,32-15-31-11-10-30-3)24(19,2)13-20(28)22(18)23/h12,18-20,22,26,28H,4-11,13-15H2,1-3H3/t18-,19-,20?,22+,23-,24-,25-/m0/s1. The van der Waals surface area contributed by atoms with Gasteiger partial charge >= 0.3 is 0 Å². The first-order valence-corrected chi connectivity index (χ1v) is 12.0. The molecule has 7 atom stereocenters. The van der Waals surface area contributed by atoms with Crippen LogP contribution in [0.5, 0.6) is 0 Å². The second-order valence-electron chi connectivity index (χ2n) is 10.7. The zero-order valence-corrected chi connectivity index (χ0v) is 19.6. The maximum Gasteiger partial charge on any atom is 0.190 e. The molecule has 0 bridgehead atoms. The molecule has 0 aliphatic heterocycles. The zero-order chi connectivity index (χ0) is 23.1. The molecule has 7 nitrogen and oxygen atoms in total. The summed E-state index contributed by atoms with van der Waals surface area (Å²) >= 11 is 0. The summed E-state index contributed by atoms with van der Waals surface area (Å²) in [6.45, 7) is 4.44. The number of carbonyl (C=O) groups excluding carboxylic acids is 2. The van der Waals surface area contributed by atoms with E-state index in [2.05, 4.69) is 13.8 Å². The van der Waals surface area contributed by atoms with E-state index in [4.69, 9.17) is 14.2 Å². The van der Waals surface area contributed by atoms with Crippen molar-refractivity contribution < 1.29 is 34.0 Å². The van der Waals surface area contributed by atoms with E-state index in [0.717, 1.165) is 25.7 Å². The fraction of sp³-hybridized carbons (Fsp3) is 0.840. The molecule has 3 saturated carbocycles. The summed E-state index contributed by atoms with van der Waals surface area (Å²) in [6, 6.07) is 0. The third-order valence-electron chi connectivity index (χ3n) is 9.43. The highest BCUT2D eigenvalue weighted by Gasteiger charge is 2.69. The molecule has 4 aliphatic rings. The van der Waals surface area contributed by atoms with Crippen LogP contribution in [0.4, 0.5) is 0 Å². The van der Waals surface area contributed by atoms with E-state index in [1.54, 1.807) is 7.11 Å². The SMILES string of the molecule is COCCOCO[C@]1(C(=O)CO)CC[C@H]2[C@@H]3CCC4=CC(=O)CC[C@]4(C)[C@H]3C(O)C[C@@]21C. The lowest BCUT2D eigenvalue weighted by molar-refractivity contribution is -0.220. The lowest BCUT2D eigenvalue weighted by Gasteiger charge is -2.61. The first kappa shape index (κ1) is 24.0. The quantitative estimate of drug-likeness (QED) is 0.432. The highest BCUT2D eigenvalue weighted by Crippen LogP contribution is 2.68. The van der Waals surface area contributed by atoms with Gasteiger partial charge in [0.25, 0.3) is 0 Å². The third-order valence-corrected chi connectivity index (χ3v) is 9.43. The van der Waals surface area contributed by atoms with E-state index in [0.29, 0.717) is 32.5 Å². The highest BCUT2D eigenvalue weighted by molar-refractivity contribution is 5.92. The van der Waals surface area contributed by atoms with Crippen LogP contribution >= 0.6 is 0 Å². The van der Waals surface area contributed by atoms with Crippen molar-refractivity contribution in [1.82, 2.24) is 0 Å². The molecule has 3 fully saturated rings. The van der Waals surface area contributed by atoms with Crippen molar-refractivity contribution >= 4 is 11.6 Å². The molecule has 0 amide bonds. The predicted molar refractivity (Wildman–Crippen MR) is 117 cm³/mol. The number of carbonyl (C=O) groups is 2. The molecule has 2 N–H and O–H groups in total. The Labute approximate surface area is 190 Å². The van der Waals surface area contributed by atoms with E-state index < -0.39 is 23.7 Å². The van der Waals surface area contributed by atoms with Crippen LogP contribution < -0.4 is 0 Å². The van der Waals surface area contributed by atoms with E-state index in [-0.39, 0.29) is 41.5 Å². The number of fused-ring (bicyclic) bond motifs is 5. The maximum absolute atomic E-state index is 13.1. The molecule has 0 aromatic rings. The van der Waals surface area contributed by atoms with E-state index in [9.17, 15) is 19.8 Å². The van der Waals surface area contributed by atoms with Crippen molar-refractivity contribution in [2.45, 2.75) is 70.5 Å². The number of ether oxygens (including phenoxy) is 3. The van der Waals surface area contributed by atoms with Gasteiger partial charge in [0.2, 0.25) is 0 Å². The van der Waals surface area contributed by atoms with Gasteiger partial charge in [-0.15, -0.1) is 0 Å². The molecule has 7 heteroatoms. The lowest BCUT2D eigenvalue weighted by atomic mass is 9.45. The van der Waals surface area contributed by atoms with Crippen molar-refractivity contribution in [2.24, 2.45) is 28.6 Å². The average molecular weight is 451 g/mol. The molecule has 0 radical (unpaired) electrons. The summed E-state index contributed by atoms with van der Waals surface area (Å²) in [5, 5.41) is 21.4. The number of methoxy groups -OCH3 is 1. The number of rotatable bonds is 8. The number of hydrogen-bond donors (Lipinski definition) is 2. The zero-order valence-electron chi connectivity index (χ0n) is 19.6. The molecule has 0 aromatic heterocycles. The maximum atomic E-state index is 13.1. The van der Waals surface area contributed by atoms with Gasteiger partial charge < -0.3 is 24.4 Å². The van der Waals surface area contributed by atoms with E-state index in [1.807, 2.05) is 6.08 Å². The molecular formula is C25H38O7. The molecule has 4 aliphatic carbocycles. The number of aliphatic hydroxyl groups is 2. The Morgan fingerprint density at radius 1 is 1.19 bits per heavy atom. The van der Waals surface area contributed by atoms with Gasteiger partial charge in [-0.2, -0.15) is 0 Å². The summed E-state index contributed by atoms with van der Waals surface area (Å²) in [7, 11) is 1.59. The fourth-order valence-corrected chi connectivity index (χ4v) is 7.92. The number of Topliss-reactive ketones (excluding diaryl/α,β-unsaturated/α-hetero) is 1. The minimum atomic E-state index is -1.16. The van der Waals surface area contributed by atoms with Crippen LogP contribution in [0.15, 0.2) is 11.6 Å². The summed E-state index contributed by atoms with van der Waals surface area (Å²) in [6.07, 6.45) is 6.11. The Bertz CT molecular complexity index is 778. The first-order chi connectivity index (χ1) is 15.2. The molecular weight excluding hydrogens is 412 g/mol. The number of aliphatic hydroxyl groups excluding tert-OH is 2. The second kappa shape index (κ2) is 8.91. The largest absolute Gasteiger partial charge is 0.393 e. The number of allylic oxidation sites excluding steroid dienone is 1. The smallest absolute Gasteiger partial charge is 0.190 e. The van der Waals surface area contributed by atoms with E-state index in [1.165, 1.54) is 5.57 Å². The molecule has 0 saturated heterocycles. The second-order valence-corrected chi connectivity index (χ2v) is 10.7. The lowest BCUT2D eigenvalue weighted by Crippen LogP contribution is -2.63. The van der Waals surface area contributed by atoms with Crippen LogP contribution in [-0.2, 0) is 23.8 Å². The molecule has 180 valence electrons. The van der Waals surface area contributed by atoms with Gasteiger partial charge in [-0.3, -0.25) is 9.59 Å². The van der Waals surface area contributed by atoms with Gasteiger partial charge in [-0.05, 0) is 67.8 Å². The summed E-state index contributed by atoms with van der Waals surface area (Å²) in [5.74, 6) is 0.411. The van der Waals surface area contributed by atoms with Crippen molar-refractivity contribution in [3.05, 3.63) is 11.6 Å². The molecule has 32 heavy (non-hydrogen) atoms. The molecule has 0 aromatic carbocycles. The van der Waals surface area contributed by atoms with Gasteiger partial charge in [-0.1, -0.05) is 19.4 Å². The van der Waals surface area contributed by atoms with Crippen LogP contribution in [0.1, 0.15) is 58.8 Å². The van der Waals surface area contributed by atoms with Crippen LogP contribution in [-0.4, -0.2) is 67.2 Å². The normalized spacial score (nSPS) is 43.3. The topological polar surface area (TPSA) is 102 Å². The van der Waals surface area contributed by atoms with Gasteiger partial charge in [0.1, 0.15) is 19.0 Å². The van der Waals surface area contributed by atoms with Gasteiger partial charge in [0.15, 0.2) is 11.6 Å². The molecule has 4 rings (SSSR count). The Kier molecular flexibility index (Phi) is 6.69. The minimum Gasteiger partial charge on any atom is -0.393 e. The number of ketones is 2. The fourth-order valence-electron chi connectivity index (χ4n) is 7.92. The van der Waals surface area contributed by atoms with Crippen molar-refractivity contribution in [1.29, 1.82) is 0 Å². The first-order valence-electron chi connectivity index (χ1n) is 12.0. The Morgan fingerprint density at radius 2 is 1.97 bits per heavy atom. The summed E-state index contributed by atoms with van der Waals surface area (Å²) in [4.78, 5) is 25.2. The van der Waals surface area contributed by atoms with Crippen molar-refractivity contribution in [2.75, 3.05) is 33.7 Å².